The SMILES string of the molecule is [N-]=[N+]=NC1(N=[N+]=[N-])C=CC(c2ccccc2)=CC1. The van der Waals surface area contributed by atoms with Crippen LogP contribution in [0.2, 0.25) is 0 Å². The van der Waals surface area contributed by atoms with Gasteiger partial charge in [0, 0.05) is 9.82 Å². The number of azide groups is 1. The van der Waals surface area contributed by atoms with Crippen molar-refractivity contribution < 1.29 is 0 Å². The quantitative estimate of drug-likeness (QED) is 0.425. The van der Waals surface area contributed by atoms with Gasteiger partial charge in [-0.15, -0.1) is 0 Å². The summed E-state index contributed by atoms with van der Waals surface area (Å²) in [6.07, 6.45) is 5.71. The molecule has 88 valence electrons. The van der Waals surface area contributed by atoms with Crippen LogP contribution in [-0.2, 0) is 0 Å². The molecular formula is C12H10N6. The second kappa shape index (κ2) is 5.10. The second-order valence-corrected chi connectivity index (χ2v) is 3.82. The smallest absolute Gasteiger partial charge is 0.0768 e. The lowest BCUT2D eigenvalue weighted by Crippen LogP contribution is -2.20. The molecule has 0 bridgehead atoms. The Kier molecular flexibility index (Phi) is 3.34. The Morgan fingerprint density at radius 1 is 1.06 bits per heavy atom. The molecular weight excluding hydrogens is 228 g/mol. The van der Waals surface area contributed by atoms with Gasteiger partial charge in [0.1, 0.15) is 5.66 Å². The molecule has 0 heterocycles. The van der Waals surface area contributed by atoms with Gasteiger partial charge >= 0.3 is 0 Å². The van der Waals surface area contributed by atoms with Crippen LogP contribution in [0.1, 0.15) is 12.0 Å². The molecule has 1 aliphatic carbocycles. The Labute approximate surface area is 104 Å². The van der Waals surface area contributed by atoms with Crippen LogP contribution in [0, 0.1) is 0 Å². The van der Waals surface area contributed by atoms with Crippen molar-refractivity contribution >= 4 is 5.57 Å². The monoisotopic (exact) mass is 238 g/mol. The van der Waals surface area contributed by atoms with Crippen LogP contribution in [0.3, 0.4) is 0 Å². The van der Waals surface area contributed by atoms with E-state index >= 15 is 0 Å². The van der Waals surface area contributed by atoms with Crippen molar-refractivity contribution in [1.29, 1.82) is 0 Å². The molecule has 0 aromatic heterocycles. The fourth-order valence-corrected chi connectivity index (χ4v) is 1.79. The van der Waals surface area contributed by atoms with Gasteiger partial charge in [0.2, 0.25) is 0 Å². The number of benzene rings is 1. The van der Waals surface area contributed by atoms with Gasteiger partial charge in [-0.1, -0.05) is 58.8 Å². The van der Waals surface area contributed by atoms with E-state index in [2.05, 4.69) is 20.1 Å². The highest BCUT2D eigenvalue weighted by molar-refractivity contribution is 5.75. The fraction of sp³-hybridized carbons (Fsp3) is 0.167. The fourth-order valence-electron chi connectivity index (χ4n) is 1.79. The third-order valence-corrected chi connectivity index (χ3v) is 2.70. The number of allylic oxidation sites excluding steroid dienone is 2. The van der Waals surface area contributed by atoms with Crippen LogP contribution in [0.15, 0.2) is 58.8 Å². The molecule has 18 heavy (non-hydrogen) atoms. The predicted octanol–water partition coefficient (Wildman–Crippen LogP) is 4.35. The van der Waals surface area contributed by atoms with E-state index in [4.69, 9.17) is 11.1 Å². The average Bonchev–Trinajstić information content (AvgIpc) is 2.41. The van der Waals surface area contributed by atoms with E-state index < -0.39 is 5.66 Å². The largest absolute Gasteiger partial charge is 0.149 e. The molecule has 0 unspecified atom stereocenters. The Balaban J connectivity index is 2.30. The van der Waals surface area contributed by atoms with Gasteiger partial charge in [-0.2, -0.15) is 0 Å². The van der Waals surface area contributed by atoms with Gasteiger partial charge < -0.3 is 0 Å². The lowest BCUT2D eigenvalue weighted by atomic mass is 9.94. The number of hydrogen-bond acceptors (Lipinski definition) is 2. The minimum Gasteiger partial charge on any atom is -0.0768 e. The molecule has 1 aliphatic rings. The topological polar surface area (TPSA) is 97.5 Å². The molecule has 0 saturated carbocycles. The van der Waals surface area contributed by atoms with Gasteiger partial charge in [0.25, 0.3) is 0 Å². The molecule has 0 aliphatic heterocycles. The van der Waals surface area contributed by atoms with E-state index in [0.717, 1.165) is 11.1 Å². The third kappa shape index (κ3) is 2.35. The second-order valence-electron chi connectivity index (χ2n) is 3.82. The molecule has 1 aromatic carbocycles. The summed E-state index contributed by atoms with van der Waals surface area (Å²) in [5, 5.41) is 7.12. The Hall–Kier alpha value is -2.68. The van der Waals surface area contributed by atoms with Gasteiger partial charge in [-0.25, -0.2) is 0 Å². The highest BCUT2D eigenvalue weighted by atomic mass is 15.3. The van der Waals surface area contributed by atoms with Crippen molar-refractivity contribution in [3.8, 4) is 0 Å². The van der Waals surface area contributed by atoms with Crippen molar-refractivity contribution in [2.45, 2.75) is 12.1 Å². The molecule has 0 saturated heterocycles. The van der Waals surface area contributed by atoms with E-state index in [1.165, 1.54) is 0 Å². The zero-order chi connectivity index (χ0) is 12.8. The first-order valence-electron chi connectivity index (χ1n) is 5.37. The van der Waals surface area contributed by atoms with Gasteiger partial charge in [-0.3, -0.25) is 0 Å². The Bertz CT molecular complexity index is 570. The lowest BCUT2D eigenvalue weighted by molar-refractivity contribution is 0.551. The molecule has 0 N–H and O–H groups in total. The summed E-state index contributed by atoms with van der Waals surface area (Å²) < 4.78 is 0. The molecule has 2 rings (SSSR count). The Morgan fingerprint density at radius 2 is 1.72 bits per heavy atom. The number of nitrogens with zero attached hydrogens (tertiary/aromatic N) is 6. The maximum absolute atomic E-state index is 8.51. The van der Waals surface area contributed by atoms with Gasteiger partial charge in [0.05, 0.1) is 0 Å². The van der Waals surface area contributed by atoms with Gasteiger partial charge in [0.15, 0.2) is 0 Å². The normalized spacial score (nSPS) is 21.4. The summed E-state index contributed by atoms with van der Waals surface area (Å²) in [4.78, 5) is 5.46. The van der Waals surface area contributed by atoms with E-state index in [-0.39, 0.29) is 0 Å². The van der Waals surface area contributed by atoms with Crippen LogP contribution >= 0.6 is 0 Å². The van der Waals surface area contributed by atoms with E-state index in [1.54, 1.807) is 6.08 Å². The van der Waals surface area contributed by atoms with Crippen molar-refractivity contribution in [2.75, 3.05) is 0 Å². The summed E-state index contributed by atoms with van der Waals surface area (Å²) in [7, 11) is 0. The molecule has 0 radical (unpaired) electrons. The summed E-state index contributed by atoms with van der Waals surface area (Å²) >= 11 is 0. The summed E-state index contributed by atoms with van der Waals surface area (Å²) in [5.74, 6) is 0. The molecule has 6 nitrogen and oxygen atoms in total. The van der Waals surface area contributed by atoms with Crippen LogP contribution in [-0.4, -0.2) is 5.66 Å². The van der Waals surface area contributed by atoms with Crippen LogP contribution < -0.4 is 0 Å². The lowest BCUT2D eigenvalue weighted by Gasteiger charge is -2.21. The first-order valence-corrected chi connectivity index (χ1v) is 5.37. The standard InChI is InChI=1S/C12H10N6/c13-17-15-12(16-18-14)8-6-11(7-9-12)10-4-2-1-3-5-10/h1-8H,9H2. The molecule has 6 heteroatoms. The predicted molar refractivity (Wildman–Crippen MR) is 69.2 cm³/mol. The zero-order valence-electron chi connectivity index (χ0n) is 9.51. The van der Waals surface area contributed by atoms with Crippen LogP contribution in [0.4, 0.5) is 0 Å². The maximum atomic E-state index is 8.51. The molecule has 1 aromatic rings. The Morgan fingerprint density at radius 3 is 2.22 bits per heavy atom. The molecule has 0 spiro atoms. The van der Waals surface area contributed by atoms with E-state index in [9.17, 15) is 0 Å². The van der Waals surface area contributed by atoms with Crippen LogP contribution in [0.25, 0.3) is 26.5 Å². The molecule has 0 fully saturated rings. The summed E-state index contributed by atoms with van der Waals surface area (Å²) in [6.45, 7) is 0. The molecule has 0 amide bonds. The third-order valence-electron chi connectivity index (χ3n) is 2.70. The van der Waals surface area contributed by atoms with Crippen molar-refractivity contribution in [1.82, 2.24) is 0 Å². The van der Waals surface area contributed by atoms with Crippen molar-refractivity contribution in [3.63, 3.8) is 0 Å². The van der Waals surface area contributed by atoms with Gasteiger partial charge in [-0.05, 0) is 28.6 Å². The van der Waals surface area contributed by atoms with Crippen molar-refractivity contribution in [2.24, 2.45) is 10.2 Å². The molecule has 0 atom stereocenters. The first kappa shape index (κ1) is 11.8. The number of hydrogen-bond donors (Lipinski definition) is 0. The minimum absolute atomic E-state index is 0.363. The first-order chi connectivity index (χ1) is 8.79. The van der Waals surface area contributed by atoms with Crippen LogP contribution in [0.5, 0.6) is 0 Å². The average molecular weight is 238 g/mol. The van der Waals surface area contributed by atoms with E-state index in [1.807, 2.05) is 42.5 Å². The van der Waals surface area contributed by atoms with E-state index in [0.29, 0.717) is 6.42 Å². The summed E-state index contributed by atoms with van der Waals surface area (Å²) in [6, 6.07) is 9.83. The highest BCUT2D eigenvalue weighted by Gasteiger charge is 2.25. The number of rotatable bonds is 3. The highest BCUT2D eigenvalue weighted by Crippen LogP contribution is 2.30. The maximum Gasteiger partial charge on any atom is 0.149 e. The minimum atomic E-state index is -1.15. The summed E-state index contributed by atoms with van der Waals surface area (Å²) in [5.41, 5.74) is 18.0. The zero-order valence-corrected chi connectivity index (χ0v) is 9.51. The van der Waals surface area contributed by atoms with Crippen molar-refractivity contribution in [3.05, 3.63) is 75.0 Å².